The molecule has 1 amide bonds. The molecule has 5 heteroatoms. The fraction of sp³-hybridized carbons (Fsp3) is 0.0952. The van der Waals surface area contributed by atoms with Crippen LogP contribution < -0.4 is 5.32 Å². The number of aromatic nitrogens is 2. The first-order chi connectivity index (χ1) is 12.6. The Bertz CT molecular complexity index is 1100. The molecule has 0 saturated heterocycles. The van der Waals surface area contributed by atoms with Gasteiger partial charge in [-0.25, -0.2) is 4.98 Å². The van der Waals surface area contributed by atoms with Gasteiger partial charge in [0.15, 0.2) is 5.13 Å². The Kier molecular flexibility index (Phi) is 4.22. The third kappa shape index (κ3) is 3.09. The van der Waals surface area contributed by atoms with Crippen molar-refractivity contribution in [2.24, 2.45) is 0 Å². The first kappa shape index (κ1) is 16.4. The lowest BCUT2D eigenvalue weighted by Crippen LogP contribution is -2.13. The standard InChI is InChI=1S/C21H17N3OS/c1-13-12-17(16-10-6-7-11-18(16)22-13)20(25)24-21-23-19(14(2)26-21)15-8-4-3-5-9-15/h3-12H,1-2H3,(H,23,24,25). The van der Waals surface area contributed by atoms with Crippen LogP contribution in [0.25, 0.3) is 22.2 Å². The van der Waals surface area contributed by atoms with E-state index in [2.05, 4.69) is 15.3 Å². The van der Waals surface area contributed by atoms with E-state index < -0.39 is 0 Å². The molecule has 0 spiro atoms. The van der Waals surface area contributed by atoms with Crippen LogP contribution in [0.15, 0.2) is 60.7 Å². The molecule has 2 aromatic heterocycles. The van der Waals surface area contributed by atoms with Gasteiger partial charge in [0.05, 0.1) is 16.8 Å². The number of anilines is 1. The van der Waals surface area contributed by atoms with Gasteiger partial charge >= 0.3 is 0 Å². The second-order valence-corrected chi connectivity index (χ2v) is 7.28. The van der Waals surface area contributed by atoms with Crippen molar-refractivity contribution < 1.29 is 4.79 Å². The maximum atomic E-state index is 12.9. The van der Waals surface area contributed by atoms with Crippen molar-refractivity contribution in [3.8, 4) is 11.3 Å². The van der Waals surface area contributed by atoms with Gasteiger partial charge in [0.1, 0.15) is 0 Å². The van der Waals surface area contributed by atoms with E-state index in [9.17, 15) is 4.79 Å². The monoisotopic (exact) mass is 359 g/mol. The van der Waals surface area contributed by atoms with Crippen molar-refractivity contribution in [2.45, 2.75) is 13.8 Å². The molecule has 0 unspecified atom stereocenters. The molecule has 0 fully saturated rings. The van der Waals surface area contributed by atoms with E-state index in [4.69, 9.17) is 0 Å². The first-order valence-electron chi connectivity index (χ1n) is 8.32. The van der Waals surface area contributed by atoms with Gasteiger partial charge in [-0.1, -0.05) is 48.5 Å². The van der Waals surface area contributed by atoms with Crippen LogP contribution in [-0.4, -0.2) is 15.9 Å². The Hall–Kier alpha value is -3.05. The highest BCUT2D eigenvalue weighted by molar-refractivity contribution is 7.16. The number of carbonyl (C=O) groups excluding carboxylic acids is 1. The SMILES string of the molecule is Cc1cc(C(=O)Nc2nc(-c3ccccc3)c(C)s2)c2ccccc2n1. The lowest BCUT2D eigenvalue weighted by Gasteiger charge is -2.07. The van der Waals surface area contributed by atoms with Gasteiger partial charge in [-0.3, -0.25) is 15.1 Å². The molecular weight excluding hydrogens is 342 g/mol. The summed E-state index contributed by atoms with van der Waals surface area (Å²) in [5, 5.41) is 4.39. The highest BCUT2D eigenvalue weighted by Crippen LogP contribution is 2.30. The van der Waals surface area contributed by atoms with Gasteiger partial charge in [0.25, 0.3) is 5.91 Å². The van der Waals surface area contributed by atoms with E-state index in [1.807, 2.05) is 74.5 Å². The normalized spacial score (nSPS) is 10.8. The van der Waals surface area contributed by atoms with Crippen LogP contribution in [0, 0.1) is 13.8 Å². The van der Waals surface area contributed by atoms with Crippen molar-refractivity contribution in [1.29, 1.82) is 0 Å². The lowest BCUT2D eigenvalue weighted by molar-refractivity contribution is 0.102. The maximum Gasteiger partial charge on any atom is 0.258 e. The summed E-state index contributed by atoms with van der Waals surface area (Å²) >= 11 is 1.48. The molecule has 2 aromatic carbocycles. The van der Waals surface area contributed by atoms with Crippen molar-refractivity contribution >= 4 is 33.3 Å². The minimum Gasteiger partial charge on any atom is -0.298 e. The Morgan fingerprint density at radius 2 is 1.69 bits per heavy atom. The molecule has 0 aliphatic heterocycles. The number of aryl methyl sites for hydroxylation is 2. The van der Waals surface area contributed by atoms with Crippen LogP contribution >= 0.6 is 11.3 Å². The van der Waals surface area contributed by atoms with Crippen molar-refractivity contribution in [1.82, 2.24) is 9.97 Å². The second-order valence-electron chi connectivity index (χ2n) is 6.07. The summed E-state index contributed by atoms with van der Waals surface area (Å²) < 4.78 is 0. The predicted octanol–water partition coefficient (Wildman–Crippen LogP) is 5.23. The van der Waals surface area contributed by atoms with Gasteiger partial charge in [0, 0.05) is 21.5 Å². The van der Waals surface area contributed by atoms with E-state index in [0.717, 1.165) is 32.7 Å². The van der Waals surface area contributed by atoms with Gasteiger partial charge < -0.3 is 0 Å². The number of pyridine rings is 1. The van der Waals surface area contributed by atoms with E-state index in [1.54, 1.807) is 0 Å². The summed E-state index contributed by atoms with van der Waals surface area (Å²) in [5.74, 6) is -0.167. The molecular formula is C21H17N3OS. The zero-order chi connectivity index (χ0) is 18.1. The Morgan fingerprint density at radius 1 is 0.962 bits per heavy atom. The van der Waals surface area contributed by atoms with Gasteiger partial charge in [-0.05, 0) is 26.0 Å². The number of hydrogen-bond acceptors (Lipinski definition) is 4. The lowest BCUT2D eigenvalue weighted by atomic mass is 10.1. The van der Waals surface area contributed by atoms with E-state index in [-0.39, 0.29) is 5.91 Å². The third-order valence-corrected chi connectivity index (χ3v) is 5.04. The van der Waals surface area contributed by atoms with Gasteiger partial charge in [-0.15, -0.1) is 11.3 Å². The molecule has 0 aliphatic carbocycles. The van der Waals surface area contributed by atoms with E-state index >= 15 is 0 Å². The second kappa shape index (κ2) is 6.69. The van der Waals surface area contributed by atoms with Crippen LogP contribution in [0.2, 0.25) is 0 Å². The quantitative estimate of drug-likeness (QED) is 0.545. The number of nitrogens with zero attached hydrogens (tertiary/aromatic N) is 2. The molecule has 0 saturated carbocycles. The molecule has 1 N–H and O–H groups in total. The Balaban J connectivity index is 1.68. The number of hydrogen-bond donors (Lipinski definition) is 1. The number of nitrogens with one attached hydrogen (secondary N) is 1. The summed E-state index contributed by atoms with van der Waals surface area (Å²) in [4.78, 5) is 23.0. The molecule has 2 heterocycles. The van der Waals surface area contributed by atoms with Crippen molar-refractivity contribution in [3.05, 3.63) is 76.8 Å². The molecule has 4 rings (SSSR count). The third-order valence-electron chi connectivity index (χ3n) is 4.15. The number of fused-ring (bicyclic) bond motifs is 1. The zero-order valence-electron chi connectivity index (χ0n) is 14.5. The molecule has 128 valence electrons. The molecule has 0 bridgehead atoms. The summed E-state index contributed by atoms with van der Waals surface area (Å²) in [6.45, 7) is 3.91. The summed E-state index contributed by atoms with van der Waals surface area (Å²) in [7, 11) is 0. The minimum atomic E-state index is -0.167. The van der Waals surface area contributed by atoms with E-state index in [1.165, 1.54) is 11.3 Å². The van der Waals surface area contributed by atoms with Crippen LogP contribution in [0.1, 0.15) is 20.9 Å². The first-order valence-corrected chi connectivity index (χ1v) is 9.14. The van der Waals surface area contributed by atoms with Crippen LogP contribution in [-0.2, 0) is 0 Å². The van der Waals surface area contributed by atoms with Crippen LogP contribution in [0.4, 0.5) is 5.13 Å². The molecule has 4 nitrogen and oxygen atoms in total. The summed E-state index contributed by atoms with van der Waals surface area (Å²) in [6, 6.07) is 19.5. The fourth-order valence-electron chi connectivity index (χ4n) is 2.97. The number of amides is 1. The topological polar surface area (TPSA) is 54.9 Å². The molecule has 0 radical (unpaired) electrons. The van der Waals surface area contributed by atoms with Crippen LogP contribution in [0.5, 0.6) is 0 Å². The van der Waals surface area contributed by atoms with Gasteiger partial charge in [0.2, 0.25) is 0 Å². The van der Waals surface area contributed by atoms with Gasteiger partial charge in [-0.2, -0.15) is 0 Å². The number of para-hydroxylation sites is 1. The Morgan fingerprint density at radius 3 is 2.50 bits per heavy atom. The highest BCUT2D eigenvalue weighted by Gasteiger charge is 2.15. The molecule has 4 aromatic rings. The minimum absolute atomic E-state index is 0.167. The zero-order valence-corrected chi connectivity index (χ0v) is 15.3. The van der Waals surface area contributed by atoms with Crippen molar-refractivity contribution in [2.75, 3.05) is 5.32 Å². The highest BCUT2D eigenvalue weighted by atomic mass is 32.1. The molecule has 26 heavy (non-hydrogen) atoms. The average molecular weight is 359 g/mol. The smallest absolute Gasteiger partial charge is 0.258 e. The van der Waals surface area contributed by atoms with Crippen LogP contribution in [0.3, 0.4) is 0 Å². The average Bonchev–Trinajstić information content (AvgIpc) is 3.01. The van der Waals surface area contributed by atoms with Crippen molar-refractivity contribution in [3.63, 3.8) is 0 Å². The Labute approximate surface area is 155 Å². The summed E-state index contributed by atoms with van der Waals surface area (Å²) in [5.41, 5.74) is 4.20. The molecule has 0 atom stereocenters. The largest absolute Gasteiger partial charge is 0.298 e. The predicted molar refractivity (Wildman–Crippen MR) is 107 cm³/mol. The number of rotatable bonds is 3. The number of thiazole rings is 1. The summed E-state index contributed by atoms with van der Waals surface area (Å²) in [6.07, 6.45) is 0. The van der Waals surface area contributed by atoms with E-state index in [0.29, 0.717) is 10.7 Å². The molecule has 0 aliphatic rings. The number of carbonyl (C=O) groups is 1. The number of benzene rings is 2. The maximum absolute atomic E-state index is 12.9. The fourth-order valence-corrected chi connectivity index (χ4v) is 3.80.